The molecule has 2 N–H and O–H groups in total. The van der Waals surface area contributed by atoms with Gasteiger partial charge in [0, 0.05) is 23.8 Å². The Balaban J connectivity index is 2.71. The fourth-order valence-electron chi connectivity index (χ4n) is 1.77. The van der Waals surface area contributed by atoms with Gasteiger partial charge in [-0.2, -0.15) is 0 Å². The number of halogens is 1. The molecule has 1 aromatic rings. The first-order valence-electron chi connectivity index (χ1n) is 6.13. The fourth-order valence-corrected chi connectivity index (χ4v) is 1.89. The first kappa shape index (κ1) is 14.8. The van der Waals surface area contributed by atoms with Gasteiger partial charge >= 0.3 is 6.03 Å². The molecule has 18 heavy (non-hydrogen) atoms. The van der Waals surface area contributed by atoms with Crippen molar-refractivity contribution in [3.63, 3.8) is 0 Å². The van der Waals surface area contributed by atoms with E-state index in [1.165, 1.54) is 0 Å². The smallest absolute Gasteiger partial charge is 0.319 e. The molecule has 0 radical (unpaired) electrons. The number of benzene rings is 1. The molecule has 0 aliphatic rings. The number of anilines is 1. The predicted molar refractivity (Wildman–Crippen MR) is 76.2 cm³/mol. The normalized spacial score (nSPS) is 10.7. The Kier molecular flexibility index (Phi) is 5.95. The summed E-state index contributed by atoms with van der Waals surface area (Å²) in [6.07, 6.45) is 0. The van der Waals surface area contributed by atoms with Crippen LogP contribution in [0.25, 0.3) is 0 Å². The van der Waals surface area contributed by atoms with Crippen molar-refractivity contribution in [3.05, 3.63) is 29.3 Å². The van der Waals surface area contributed by atoms with Gasteiger partial charge in [0.05, 0.1) is 0 Å². The number of carbonyl (C=O) groups excluding carboxylic acids is 1. The Morgan fingerprint density at radius 3 is 2.17 bits per heavy atom. The van der Waals surface area contributed by atoms with Gasteiger partial charge in [-0.3, -0.25) is 4.90 Å². The molecule has 0 spiro atoms. The molecule has 0 atom stereocenters. The highest BCUT2D eigenvalue weighted by Gasteiger charge is 2.13. The molecule has 0 heterocycles. The van der Waals surface area contributed by atoms with Crippen LogP contribution in [0.4, 0.5) is 10.5 Å². The van der Waals surface area contributed by atoms with Gasteiger partial charge in [-0.15, -0.1) is 0 Å². The molecular weight excluding hydrogens is 250 g/mol. The zero-order chi connectivity index (χ0) is 13.5. The van der Waals surface area contributed by atoms with Crippen LogP contribution in [-0.4, -0.2) is 37.1 Å². The Morgan fingerprint density at radius 2 is 1.72 bits per heavy atom. The standard InChI is InChI=1S/C13H20ClN3O/c1-3-16(4-2)9-10-17(13(15)18)12-7-5-11(14)6-8-12/h5-8H,3-4,9-10H2,1-2H3,(H2,15,18). The second-order valence-corrected chi connectivity index (χ2v) is 4.43. The molecule has 0 saturated carbocycles. The third-order valence-corrected chi connectivity index (χ3v) is 3.19. The maximum atomic E-state index is 11.5. The van der Waals surface area contributed by atoms with E-state index in [2.05, 4.69) is 18.7 Å². The molecule has 0 aliphatic carbocycles. The topological polar surface area (TPSA) is 49.6 Å². The van der Waals surface area contributed by atoms with Gasteiger partial charge in [0.25, 0.3) is 0 Å². The highest BCUT2D eigenvalue weighted by atomic mass is 35.5. The van der Waals surface area contributed by atoms with Crippen LogP contribution in [0, 0.1) is 0 Å². The van der Waals surface area contributed by atoms with Crippen molar-refractivity contribution < 1.29 is 4.79 Å². The minimum Gasteiger partial charge on any atom is -0.351 e. The number of primary amides is 1. The molecule has 2 amide bonds. The van der Waals surface area contributed by atoms with E-state index in [0.717, 1.165) is 25.3 Å². The Hall–Kier alpha value is -1.26. The summed E-state index contributed by atoms with van der Waals surface area (Å²) in [5.74, 6) is 0. The molecule has 0 saturated heterocycles. The molecule has 0 unspecified atom stereocenters. The van der Waals surface area contributed by atoms with Crippen LogP contribution in [0.3, 0.4) is 0 Å². The van der Waals surface area contributed by atoms with Crippen molar-refractivity contribution in [1.29, 1.82) is 0 Å². The lowest BCUT2D eigenvalue weighted by atomic mass is 10.3. The van der Waals surface area contributed by atoms with E-state index in [9.17, 15) is 4.79 Å². The number of amides is 2. The lowest BCUT2D eigenvalue weighted by molar-refractivity contribution is 0.251. The molecule has 5 heteroatoms. The number of rotatable bonds is 6. The highest BCUT2D eigenvalue weighted by molar-refractivity contribution is 6.30. The van der Waals surface area contributed by atoms with Crippen molar-refractivity contribution >= 4 is 23.3 Å². The summed E-state index contributed by atoms with van der Waals surface area (Å²) in [5, 5.41) is 0.645. The quantitative estimate of drug-likeness (QED) is 0.863. The van der Waals surface area contributed by atoms with Crippen LogP contribution >= 0.6 is 11.6 Å². The second kappa shape index (κ2) is 7.24. The minimum atomic E-state index is -0.440. The minimum absolute atomic E-state index is 0.440. The fraction of sp³-hybridized carbons (Fsp3) is 0.462. The summed E-state index contributed by atoms with van der Waals surface area (Å²) >= 11 is 5.83. The monoisotopic (exact) mass is 269 g/mol. The van der Waals surface area contributed by atoms with Gasteiger partial charge in [-0.05, 0) is 37.4 Å². The van der Waals surface area contributed by atoms with Crippen LogP contribution < -0.4 is 10.6 Å². The summed E-state index contributed by atoms with van der Waals surface area (Å²) in [6, 6.07) is 6.67. The van der Waals surface area contributed by atoms with E-state index in [1.54, 1.807) is 29.2 Å². The number of nitrogens with two attached hydrogens (primary N) is 1. The van der Waals surface area contributed by atoms with Gasteiger partial charge in [0.15, 0.2) is 0 Å². The van der Waals surface area contributed by atoms with E-state index >= 15 is 0 Å². The SMILES string of the molecule is CCN(CC)CCN(C(N)=O)c1ccc(Cl)cc1. The average Bonchev–Trinajstić information content (AvgIpc) is 2.36. The zero-order valence-electron chi connectivity index (χ0n) is 10.9. The molecule has 1 rings (SSSR count). The Morgan fingerprint density at radius 1 is 1.17 bits per heavy atom. The number of nitrogens with zero attached hydrogens (tertiary/aromatic N) is 2. The van der Waals surface area contributed by atoms with E-state index in [0.29, 0.717) is 11.6 Å². The highest BCUT2D eigenvalue weighted by Crippen LogP contribution is 2.17. The van der Waals surface area contributed by atoms with Crippen LogP contribution in [-0.2, 0) is 0 Å². The first-order chi connectivity index (χ1) is 8.58. The Labute approximate surface area is 113 Å². The largest absolute Gasteiger partial charge is 0.351 e. The molecule has 0 aliphatic heterocycles. The van der Waals surface area contributed by atoms with Crippen LogP contribution in [0.15, 0.2) is 24.3 Å². The first-order valence-corrected chi connectivity index (χ1v) is 6.51. The van der Waals surface area contributed by atoms with E-state index in [1.807, 2.05) is 0 Å². The average molecular weight is 270 g/mol. The van der Waals surface area contributed by atoms with Gasteiger partial charge in [-0.25, -0.2) is 4.79 Å². The summed E-state index contributed by atoms with van der Waals surface area (Å²) < 4.78 is 0. The summed E-state index contributed by atoms with van der Waals surface area (Å²) in [7, 11) is 0. The van der Waals surface area contributed by atoms with Gasteiger partial charge in [0.2, 0.25) is 0 Å². The number of carbonyl (C=O) groups is 1. The molecule has 0 aromatic heterocycles. The summed E-state index contributed by atoms with van der Waals surface area (Å²) in [5.41, 5.74) is 6.19. The van der Waals surface area contributed by atoms with Crippen LogP contribution in [0.5, 0.6) is 0 Å². The predicted octanol–water partition coefficient (Wildman–Crippen LogP) is 2.57. The van der Waals surface area contributed by atoms with E-state index in [4.69, 9.17) is 17.3 Å². The van der Waals surface area contributed by atoms with Gasteiger partial charge in [-0.1, -0.05) is 25.4 Å². The van der Waals surface area contributed by atoms with Gasteiger partial charge < -0.3 is 10.6 Å². The molecule has 4 nitrogen and oxygen atoms in total. The van der Waals surface area contributed by atoms with E-state index in [-0.39, 0.29) is 0 Å². The van der Waals surface area contributed by atoms with Gasteiger partial charge in [0.1, 0.15) is 0 Å². The molecule has 0 fully saturated rings. The second-order valence-electron chi connectivity index (χ2n) is 3.99. The summed E-state index contributed by atoms with van der Waals surface area (Å²) in [6.45, 7) is 7.51. The maximum absolute atomic E-state index is 11.5. The lowest BCUT2D eigenvalue weighted by Gasteiger charge is -2.25. The lowest BCUT2D eigenvalue weighted by Crippen LogP contribution is -2.41. The molecule has 0 bridgehead atoms. The van der Waals surface area contributed by atoms with Crippen molar-refractivity contribution in [2.75, 3.05) is 31.1 Å². The third kappa shape index (κ3) is 4.20. The third-order valence-electron chi connectivity index (χ3n) is 2.94. The van der Waals surface area contributed by atoms with Crippen LogP contribution in [0.2, 0.25) is 5.02 Å². The number of urea groups is 1. The van der Waals surface area contributed by atoms with E-state index < -0.39 is 6.03 Å². The molecular formula is C13H20ClN3O. The Bertz CT molecular complexity index is 376. The number of hydrogen-bond donors (Lipinski definition) is 1. The molecule has 100 valence electrons. The number of likely N-dealkylation sites (N-methyl/N-ethyl adjacent to an activating group) is 1. The maximum Gasteiger partial charge on any atom is 0.319 e. The zero-order valence-corrected chi connectivity index (χ0v) is 11.7. The summed E-state index contributed by atoms with van der Waals surface area (Å²) in [4.78, 5) is 15.3. The number of hydrogen-bond acceptors (Lipinski definition) is 2. The van der Waals surface area contributed by atoms with Crippen molar-refractivity contribution in [2.24, 2.45) is 5.73 Å². The van der Waals surface area contributed by atoms with Crippen molar-refractivity contribution in [2.45, 2.75) is 13.8 Å². The van der Waals surface area contributed by atoms with Crippen molar-refractivity contribution in [3.8, 4) is 0 Å². The van der Waals surface area contributed by atoms with Crippen LogP contribution in [0.1, 0.15) is 13.8 Å². The molecule has 1 aromatic carbocycles. The van der Waals surface area contributed by atoms with Crippen molar-refractivity contribution in [1.82, 2.24) is 4.90 Å².